The monoisotopic (exact) mass is 593 g/mol. The van der Waals surface area contributed by atoms with E-state index >= 15 is 0 Å². The Balaban J connectivity index is 1.34. The van der Waals surface area contributed by atoms with Crippen LogP contribution in [0.1, 0.15) is 49.0 Å². The number of ether oxygens (including phenoxy) is 4. The molecule has 6 rings (SSSR count). The van der Waals surface area contributed by atoms with Gasteiger partial charge in [0.2, 0.25) is 12.2 Å². The Bertz CT molecular complexity index is 1520. The Labute approximate surface area is 246 Å². The van der Waals surface area contributed by atoms with Crippen LogP contribution in [0.25, 0.3) is 0 Å². The van der Waals surface area contributed by atoms with Gasteiger partial charge < -0.3 is 39.2 Å². The number of phenols is 1. The highest BCUT2D eigenvalue weighted by Crippen LogP contribution is 2.65. The Morgan fingerprint density at radius 2 is 1.84 bits per heavy atom. The molecule has 12 nitrogen and oxygen atoms in total. The summed E-state index contributed by atoms with van der Waals surface area (Å²) in [6, 6.07) is 11.1. The second-order valence-electron chi connectivity index (χ2n) is 11.4. The molecular formula is C31H31NO11. The van der Waals surface area contributed by atoms with Crippen molar-refractivity contribution in [2.75, 3.05) is 13.6 Å². The van der Waals surface area contributed by atoms with Gasteiger partial charge in [0.1, 0.15) is 5.76 Å². The maximum absolute atomic E-state index is 13.8. The van der Waals surface area contributed by atoms with Crippen molar-refractivity contribution in [2.24, 2.45) is 0 Å². The van der Waals surface area contributed by atoms with Crippen LogP contribution in [0.5, 0.6) is 11.5 Å². The number of benzene rings is 2. The first kappa shape index (κ1) is 28.7. The largest absolute Gasteiger partial charge is 0.504 e. The minimum absolute atomic E-state index is 0.0843. The summed E-state index contributed by atoms with van der Waals surface area (Å²) in [6.45, 7) is 1.65. The van der Waals surface area contributed by atoms with Crippen LogP contribution in [0.2, 0.25) is 0 Å². The first-order chi connectivity index (χ1) is 20.5. The van der Waals surface area contributed by atoms with Gasteiger partial charge in [-0.15, -0.1) is 0 Å². The highest BCUT2D eigenvalue weighted by atomic mass is 16.6. The minimum Gasteiger partial charge on any atom is -0.504 e. The Hall–Kier alpha value is -4.42. The molecule has 1 fully saturated rings. The number of piperidine rings is 1. The van der Waals surface area contributed by atoms with Gasteiger partial charge in [0.25, 0.3) is 0 Å². The van der Waals surface area contributed by atoms with Gasteiger partial charge in [0, 0.05) is 30.5 Å². The van der Waals surface area contributed by atoms with Crippen LogP contribution in [-0.2, 0) is 45.2 Å². The summed E-state index contributed by atoms with van der Waals surface area (Å²) >= 11 is 0. The summed E-state index contributed by atoms with van der Waals surface area (Å²) in [5, 5.41) is 32.2. The normalized spacial score (nSPS) is 27.9. The maximum atomic E-state index is 13.8. The van der Waals surface area contributed by atoms with Crippen molar-refractivity contribution >= 4 is 23.9 Å². The predicted molar refractivity (Wildman–Crippen MR) is 146 cm³/mol. The second-order valence-corrected chi connectivity index (χ2v) is 11.4. The molecule has 1 spiro atoms. The van der Waals surface area contributed by atoms with Crippen LogP contribution >= 0.6 is 0 Å². The molecule has 2 heterocycles. The lowest BCUT2D eigenvalue weighted by atomic mass is 9.50. The van der Waals surface area contributed by atoms with Crippen LogP contribution in [-0.4, -0.2) is 81.5 Å². The van der Waals surface area contributed by atoms with E-state index in [4.69, 9.17) is 18.9 Å². The number of carbonyl (C=O) groups excluding carboxylic acids is 3. The van der Waals surface area contributed by atoms with Gasteiger partial charge in [-0.3, -0.25) is 9.59 Å². The number of aromatic hydroxyl groups is 1. The van der Waals surface area contributed by atoms with E-state index in [1.807, 2.05) is 13.1 Å². The number of rotatable bonds is 8. The molecule has 12 heteroatoms. The minimum atomic E-state index is -1.79. The Morgan fingerprint density at radius 3 is 2.53 bits per heavy atom. The van der Waals surface area contributed by atoms with Crippen molar-refractivity contribution in [3.63, 3.8) is 0 Å². The van der Waals surface area contributed by atoms with Gasteiger partial charge in [-0.1, -0.05) is 36.4 Å². The summed E-state index contributed by atoms with van der Waals surface area (Å²) < 4.78 is 22.5. The van der Waals surface area contributed by atoms with E-state index in [0.717, 1.165) is 18.1 Å². The van der Waals surface area contributed by atoms with Crippen LogP contribution in [0, 0.1) is 0 Å². The number of carboxylic acid groups (broad SMARTS) is 1. The van der Waals surface area contributed by atoms with E-state index in [2.05, 4.69) is 4.90 Å². The topological polar surface area (TPSA) is 169 Å². The zero-order chi connectivity index (χ0) is 30.7. The van der Waals surface area contributed by atoms with Crippen molar-refractivity contribution in [2.45, 2.75) is 68.0 Å². The summed E-state index contributed by atoms with van der Waals surface area (Å²) in [6.07, 6.45) is -2.50. The van der Waals surface area contributed by atoms with Gasteiger partial charge in [-0.25, -0.2) is 9.59 Å². The lowest BCUT2D eigenvalue weighted by Crippen LogP contribution is -2.74. The molecule has 4 aliphatic rings. The van der Waals surface area contributed by atoms with Crippen LogP contribution in [0.15, 0.2) is 54.3 Å². The van der Waals surface area contributed by atoms with Crippen molar-refractivity contribution in [1.29, 1.82) is 0 Å². The first-order valence-corrected chi connectivity index (χ1v) is 14.0. The second kappa shape index (κ2) is 10.4. The zero-order valence-electron chi connectivity index (χ0n) is 23.5. The number of phenolic OH excluding ortho intramolecular Hbond substituents is 1. The highest BCUT2D eigenvalue weighted by Gasteiger charge is 2.72. The highest BCUT2D eigenvalue weighted by molar-refractivity contribution is 5.87. The third-order valence-electron chi connectivity index (χ3n) is 9.05. The van der Waals surface area contributed by atoms with E-state index in [9.17, 15) is 34.5 Å². The number of hydrogen-bond acceptors (Lipinski definition) is 11. The molecule has 43 heavy (non-hydrogen) atoms. The fourth-order valence-corrected chi connectivity index (χ4v) is 7.21. The molecule has 2 aliphatic carbocycles. The summed E-state index contributed by atoms with van der Waals surface area (Å²) in [7, 11) is 1.96. The van der Waals surface area contributed by atoms with E-state index < -0.39 is 59.6 Å². The molecule has 0 saturated carbocycles. The van der Waals surface area contributed by atoms with Crippen molar-refractivity contribution in [3.8, 4) is 11.5 Å². The number of hydrogen-bond donors (Lipinski definition) is 3. The fraction of sp³-hybridized carbons (Fsp3) is 0.419. The predicted octanol–water partition coefficient (Wildman–Crippen LogP) is 1.90. The molecule has 0 unspecified atom stereocenters. The van der Waals surface area contributed by atoms with Crippen molar-refractivity contribution in [1.82, 2.24) is 4.90 Å². The number of nitrogens with zero attached hydrogens (tertiary/aromatic N) is 1. The lowest BCUT2D eigenvalue weighted by Gasteiger charge is -2.61. The van der Waals surface area contributed by atoms with Crippen LogP contribution in [0.3, 0.4) is 0 Å². The third-order valence-corrected chi connectivity index (χ3v) is 9.05. The molecule has 226 valence electrons. The molecule has 2 aromatic rings. The van der Waals surface area contributed by atoms with Gasteiger partial charge in [-0.2, -0.15) is 0 Å². The molecule has 0 radical (unpaired) electrons. The molecule has 0 aromatic heterocycles. The van der Waals surface area contributed by atoms with Crippen LogP contribution < -0.4 is 4.74 Å². The quantitative estimate of drug-likeness (QED) is 0.301. The number of carboxylic acids is 1. The van der Waals surface area contributed by atoms with Gasteiger partial charge in [0.05, 0.1) is 17.4 Å². The van der Waals surface area contributed by atoms with Crippen molar-refractivity contribution in [3.05, 3.63) is 71.0 Å². The Morgan fingerprint density at radius 1 is 1.09 bits per heavy atom. The van der Waals surface area contributed by atoms with Crippen LogP contribution in [0.4, 0.5) is 0 Å². The molecule has 0 amide bonds. The van der Waals surface area contributed by atoms with Crippen molar-refractivity contribution < 1.29 is 53.4 Å². The van der Waals surface area contributed by atoms with E-state index in [1.165, 1.54) is 12.1 Å². The molecule has 3 N–H and O–H groups in total. The molecule has 6 atom stereocenters. The molecular weight excluding hydrogens is 562 g/mol. The Kier molecular flexibility index (Phi) is 6.93. The molecule has 1 saturated heterocycles. The number of aliphatic carboxylic acids is 1. The van der Waals surface area contributed by atoms with Gasteiger partial charge in [0.15, 0.2) is 17.6 Å². The number of likely N-dealkylation sites (tertiary alicyclic amines) is 1. The average molecular weight is 594 g/mol. The molecule has 2 bridgehead atoms. The van der Waals surface area contributed by atoms with E-state index in [-0.39, 0.29) is 35.3 Å². The van der Waals surface area contributed by atoms with Gasteiger partial charge in [-0.05, 0) is 44.1 Å². The number of likely N-dealkylation sites (N-methyl/N-ethyl adjacent to an activating group) is 1. The van der Waals surface area contributed by atoms with Gasteiger partial charge >= 0.3 is 23.9 Å². The lowest BCUT2D eigenvalue weighted by molar-refractivity contribution is -0.183. The maximum Gasteiger partial charge on any atom is 0.357 e. The fourth-order valence-electron chi connectivity index (χ4n) is 7.21. The number of esters is 3. The standard InChI is InChI=1S/C31H31NO11/c1-16(33)40-21(15-23(35)36)28(37)43-25(17-6-4-3-5-7-17)29(38)41-20-10-11-31(39)22-14-18-8-9-19(34)26-24(18)30(31,27(20)42-26)12-13-32(22)2/h3-10,21-22,25,27,34,39H,11-15H2,1-2H3,(H,35,36)/t21-,22-,25-,27+,30+,31-/m0/s1. The first-order valence-electron chi connectivity index (χ1n) is 14.0. The summed E-state index contributed by atoms with van der Waals surface area (Å²) in [5.74, 6) is -4.29. The SMILES string of the molecule is CC(=O)O[C@@H](CC(=O)O)C(=O)O[C@H](C(=O)OC1=CC[C@]2(O)[C@@H]3Cc4ccc(O)c5c4[C@]2(CCN3C)[C@@H]1O5)c1ccccc1. The number of aliphatic hydroxyl groups is 1. The summed E-state index contributed by atoms with van der Waals surface area (Å²) in [4.78, 5) is 51.7. The average Bonchev–Trinajstić information content (AvgIpc) is 3.32. The third kappa shape index (κ3) is 4.43. The zero-order valence-corrected chi connectivity index (χ0v) is 23.5. The summed E-state index contributed by atoms with van der Waals surface area (Å²) in [5.41, 5.74) is -0.385. The molecule has 2 aromatic carbocycles. The van der Waals surface area contributed by atoms with E-state index in [0.29, 0.717) is 19.4 Å². The smallest absolute Gasteiger partial charge is 0.357 e. The number of carbonyl (C=O) groups is 4. The van der Waals surface area contributed by atoms with E-state index in [1.54, 1.807) is 30.3 Å². The molecule has 2 aliphatic heterocycles.